The van der Waals surface area contributed by atoms with Crippen molar-refractivity contribution in [3.05, 3.63) is 29.6 Å². The third-order valence-electron chi connectivity index (χ3n) is 3.13. The van der Waals surface area contributed by atoms with E-state index in [1.165, 1.54) is 13.8 Å². The summed E-state index contributed by atoms with van der Waals surface area (Å²) >= 11 is 0. The first-order valence-corrected chi connectivity index (χ1v) is 7.33. The average molecular weight is 257 g/mol. The Kier molecular flexibility index (Phi) is 3.94. The normalized spacial score (nSPS) is 14.6. The fourth-order valence-electron chi connectivity index (χ4n) is 1.31. The van der Waals surface area contributed by atoms with E-state index >= 15 is 0 Å². The molecule has 0 aliphatic heterocycles. The first kappa shape index (κ1) is 14.1. The van der Waals surface area contributed by atoms with Gasteiger partial charge in [0, 0.05) is 24.6 Å². The molecule has 4 nitrogen and oxygen atoms in total. The third-order valence-corrected chi connectivity index (χ3v) is 5.32. The van der Waals surface area contributed by atoms with E-state index in [0.29, 0.717) is 5.69 Å². The summed E-state index contributed by atoms with van der Waals surface area (Å²) < 4.78 is 21.9. The van der Waals surface area contributed by atoms with Crippen molar-refractivity contribution >= 4 is 9.84 Å². The highest BCUT2D eigenvalue weighted by atomic mass is 32.2. The van der Waals surface area contributed by atoms with Crippen LogP contribution in [0.3, 0.4) is 0 Å². The maximum atomic E-state index is 11.6. The van der Waals surface area contributed by atoms with Crippen LogP contribution in [-0.2, 0) is 16.3 Å². The van der Waals surface area contributed by atoms with Gasteiger partial charge in [0.1, 0.15) is 0 Å². The number of hydrogen-bond donors (Lipinski definition) is 1. The third kappa shape index (κ3) is 3.26. The number of pyridine rings is 1. The molecule has 0 fully saturated rings. The van der Waals surface area contributed by atoms with Gasteiger partial charge in [-0.05, 0) is 32.4 Å². The maximum Gasteiger partial charge on any atom is 0.155 e. The molecule has 0 saturated heterocycles. The molecule has 1 N–H and O–H groups in total. The van der Waals surface area contributed by atoms with Crippen LogP contribution >= 0.6 is 0 Å². The highest BCUT2D eigenvalue weighted by Gasteiger charge is 2.38. The van der Waals surface area contributed by atoms with Gasteiger partial charge in [-0.2, -0.15) is 0 Å². The van der Waals surface area contributed by atoms with Crippen molar-refractivity contribution in [2.45, 2.75) is 38.0 Å². The smallest absolute Gasteiger partial charge is 0.155 e. The minimum absolute atomic E-state index is 0.236. The molecule has 0 saturated carbocycles. The number of aryl methyl sites for hydroxylation is 1. The second kappa shape index (κ2) is 4.74. The Morgan fingerprint density at radius 3 is 2.41 bits per heavy atom. The van der Waals surface area contributed by atoms with Crippen LogP contribution in [-0.4, -0.2) is 35.6 Å². The van der Waals surface area contributed by atoms with Gasteiger partial charge in [0.05, 0.1) is 10.9 Å². The summed E-state index contributed by atoms with van der Waals surface area (Å²) in [5.74, 6) is 0. The van der Waals surface area contributed by atoms with E-state index in [1.54, 1.807) is 12.3 Å². The molecule has 0 radical (unpaired) electrons. The number of hydrogen-bond acceptors (Lipinski definition) is 4. The van der Waals surface area contributed by atoms with Gasteiger partial charge in [0.15, 0.2) is 9.84 Å². The lowest BCUT2D eigenvalue weighted by molar-refractivity contribution is 0.137. The predicted octanol–water partition coefficient (Wildman–Crippen LogP) is 1.12. The molecule has 1 atom stereocenters. The van der Waals surface area contributed by atoms with Gasteiger partial charge in [-0.1, -0.05) is 6.07 Å². The monoisotopic (exact) mass is 257 g/mol. The lowest BCUT2D eigenvalue weighted by atomic mass is 10.0. The van der Waals surface area contributed by atoms with Crippen LogP contribution in [0.4, 0.5) is 0 Å². The molecule has 1 unspecified atom stereocenters. The van der Waals surface area contributed by atoms with Crippen LogP contribution in [0.15, 0.2) is 18.3 Å². The van der Waals surface area contributed by atoms with Crippen molar-refractivity contribution in [3.8, 4) is 0 Å². The van der Waals surface area contributed by atoms with Crippen molar-refractivity contribution in [1.29, 1.82) is 0 Å². The molecular weight excluding hydrogens is 238 g/mol. The van der Waals surface area contributed by atoms with Gasteiger partial charge in [-0.25, -0.2) is 8.42 Å². The number of aromatic nitrogens is 1. The van der Waals surface area contributed by atoms with E-state index < -0.39 is 20.7 Å². The lowest BCUT2D eigenvalue weighted by Gasteiger charge is -2.28. The molecule has 0 aliphatic carbocycles. The summed E-state index contributed by atoms with van der Waals surface area (Å²) in [4.78, 5) is 4.16. The van der Waals surface area contributed by atoms with Gasteiger partial charge in [0.25, 0.3) is 0 Å². The number of sulfone groups is 1. The molecule has 1 aromatic heterocycles. The molecule has 96 valence electrons. The zero-order chi connectivity index (χ0) is 13.3. The van der Waals surface area contributed by atoms with Crippen LogP contribution in [0.5, 0.6) is 0 Å². The zero-order valence-corrected chi connectivity index (χ0v) is 11.5. The molecule has 17 heavy (non-hydrogen) atoms. The Bertz CT molecular complexity index is 477. The number of aliphatic hydroxyl groups is 1. The second-order valence-electron chi connectivity index (χ2n) is 4.92. The molecule has 0 aromatic carbocycles. The van der Waals surface area contributed by atoms with E-state index in [4.69, 9.17) is 0 Å². The fourth-order valence-corrected chi connectivity index (χ4v) is 1.89. The molecular formula is C12H19NO3S. The summed E-state index contributed by atoms with van der Waals surface area (Å²) in [5.41, 5.74) is 1.73. The van der Waals surface area contributed by atoms with Gasteiger partial charge in [0.2, 0.25) is 0 Å². The standard InChI is InChI=1S/C12H19NO3S/c1-9-5-6-10(13-8-9)7-11(14)12(2,3)17(4,15)16/h5-6,8,11,14H,7H2,1-4H3. The molecule has 1 aromatic rings. The van der Waals surface area contributed by atoms with E-state index in [-0.39, 0.29) is 6.42 Å². The minimum atomic E-state index is -3.31. The average Bonchev–Trinajstić information content (AvgIpc) is 2.19. The van der Waals surface area contributed by atoms with Crippen LogP contribution in [0.1, 0.15) is 25.1 Å². The van der Waals surface area contributed by atoms with Gasteiger partial charge in [-0.3, -0.25) is 4.98 Å². The summed E-state index contributed by atoms with van der Waals surface area (Å²) in [6.07, 6.45) is 2.11. The fraction of sp³-hybridized carbons (Fsp3) is 0.583. The van der Waals surface area contributed by atoms with Gasteiger partial charge in [-0.15, -0.1) is 0 Å². The summed E-state index contributed by atoms with van der Waals surface area (Å²) in [6, 6.07) is 3.69. The molecule has 0 spiro atoms. The molecule has 1 heterocycles. The Morgan fingerprint density at radius 2 is 2.00 bits per heavy atom. The van der Waals surface area contributed by atoms with Gasteiger partial charge >= 0.3 is 0 Å². The number of rotatable bonds is 4. The summed E-state index contributed by atoms with van der Waals surface area (Å²) in [7, 11) is -3.31. The van der Waals surface area contributed by atoms with E-state index in [2.05, 4.69) is 4.98 Å². The van der Waals surface area contributed by atoms with Crippen molar-refractivity contribution < 1.29 is 13.5 Å². The van der Waals surface area contributed by atoms with Crippen molar-refractivity contribution in [3.63, 3.8) is 0 Å². The minimum Gasteiger partial charge on any atom is -0.391 e. The topological polar surface area (TPSA) is 67.3 Å². The van der Waals surface area contributed by atoms with Crippen LogP contribution in [0.2, 0.25) is 0 Å². The highest BCUT2D eigenvalue weighted by Crippen LogP contribution is 2.22. The predicted molar refractivity (Wildman–Crippen MR) is 67.6 cm³/mol. The van der Waals surface area contributed by atoms with Crippen molar-refractivity contribution in [1.82, 2.24) is 4.98 Å². The van der Waals surface area contributed by atoms with Crippen LogP contribution < -0.4 is 0 Å². The summed E-state index contributed by atoms with van der Waals surface area (Å²) in [6.45, 7) is 4.98. The Morgan fingerprint density at radius 1 is 1.41 bits per heavy atom. The Labute approximate surface area is 103 Å². The number of nitrogens with zero attached hydrogens (tertiary/aromatic N) is 1. The molecule has 0 bridgehead atoms. The SMILES string of the molecule is Cc1ccc(CC(O)C(C)(C)S(C)(=O)=O)nc1. The van der Waals surface area contributed by atoms with Gasteiger partial charge < -0.3 is 5.11 Å². The largest absolute Gasteiger partial charge is 0.391 e. The van der Waals surface area contributed by atoms with Crippen LogP contribution in [0.25, 0.3) is 0 Å². The Hall–Kier alpha value is -0.940. The Balaban J connectivity index is 2.86. The van der Waals surface area contributed by atoms with Crippen molar-refractivity contribution in [2.24, 2.45) is 0 Å². The van der Waals surface area contributed by atoms with E-state index in [9.17, 15) is 13.5 Å². The quantitative estimate of drug-likeness (QED) is 0.877. The summed E-state index contributed by atoms with van der Waals surface area (Å²) in [5, 5.41) is 10.0. The first-order valence-electron chi connectivity index (χ1n) is 5.44. The first-order chi connectivity index (χ1) is 7.64. The van der Waals surface area contributed by atoms with Crippen molar-refractivity contribution in [2.75, 3.05) is 6.26 Å². The molecule has 0 aliphatic rings. The van der Waals surface area contributed by atoms with E-state index in [0.717, 1.165) is 11.8 Å². The lowest BCUT2D eigenvalue weighted by Crippen LogP contribution is -2.44. The van der Waals surface area contributed by atoms with E-state index in [1.807, 2.05) is 13.0 Å². The highest BCUT2D eigenvalue weighted by molar-refractivity contribution is 7.92. The second-order valence-corrected chi connectivity index (χ2v) is 7.52. The zero-order valence-electron chi connectivity index (χ0n) is 10.6. The number of aliphatic hydroxyl groups excluding tert-OH is 1. The molecule has 0 amide bonds. The maximum absolute atomic E-state index is 11.6. The van der Waals surface area contributed by atoms with Crippen LogP contribution in [0, 0.1) is 6.92 Å². The molecule has 1 rings (SSSR count). The molecule has 5 heteroatoms.